The van der Waals surface area contributed by atoms with Crippen LogP contribution in [-0.4, -0.2) is 56.6 Å². The minimum absolute atomic E-state index is 0.0497. The van der Waals surface area contributed by atoms with E-state index in [0.717, 1.165) is 11.1 Å². The summed E-state index contributed by atoms with van der Waals surface area (Å²) in [4.78, 5) is 23.1. The second-order valence-corrected chi connectivity index (χ2v) is 9.99. The summed E-state index contributed by atoms with van der Waals surface area (Å²) in [7, 11) is -0.259. The van der Waals surface area contributed by atoms with Gasteiger partial charge >= 0.3 is 5.97 Å². The molecule has 0 aliphatic rings. The summed E-state index contributed by atoms with van der Waals surface area (Å²) >= 11 is 0. The topological polar surface area (TPSA) is 164 Å². The van der Waals surface area contributed by atoms with E-state index in [1.807, 2.05) is 6.20 Å². The van der Waals surface area contributed by atoms with Crippen LogP contribution < -0.4 is 19.5 Å². The van der Waals surface area contributed by atoms with Crippen molar-refractivity contribution >= 4 is 38.7 Å². The molecule has 13 nitrogen and oxygen atoms in total. The molecule has 39 heavy (non-hydrogen) atoms. The summed E-state index contributed by atoms with van der Waals surface area (Å²) in [5.74, 6) is -0.493. The van der Waals surface area contributed by atoms with Crippen molar-refractivity contribution in [1.82, 2.24) is 20.3 Å². The average Bonchev–Trinajstić information content (AvgIpc) is 3.56. The molecule has 0 radical (unpaired) electrons. The molecule has 2 aromatic heterocycles. The second kappa shape index (κ2) is 11.4. The molecule has 0 saturated carbocycles. The Morgan fingerprint density at radius 3 is 2.51 bits per heavy atom. The molecule has 1 amide bonds. The number of nitrogens with one attached hydrogen (secondary N) is 2. The first-order chi connectivity index (χ1) is 18.7. The molecule has 2 aromatic carbocycles. The first-order valence-corrected chi connectivity index (χ1v) is 13.2. The summed E-state index contributed by atoms with van der Waals surface area (Å²) in [6, 6.07) is 7.25. The Morgan fingerprint density at radius 2 is 1.82 bits per heavy atom. The van der Waals surface area contributed by atoms with Gasteiger partial charge in [-0.25, -0.2) is 13.2 Å². The SMILES string of the molecule is CCC(=O)NCc1cnn(Cc2cc(OC)c3c(NS(=O)(=O)c4ccc(C(=O)OC)cc4OC)noc3c2)c1. The van der Waals surface area contributed by atoms with Gasteiger partial charge in [0.05, 0.1) is 39.6 Å². The number of ether oxygens (including phenoxy) is 3. The van der Waals surface area contributed by atoms with E-state index in [9.17, 15) is 18.0 Å². The zero-order valence-corrected chi connectivity index (χ0v) is 22.5. The van der Waals surface area contributed by atoms with E-state index >= 15 is 0 Å². The van der Waals surface area contributed by atoms with Crippen molar-refractivity contribution in [2.24, 2.45) is 0 Å². The van der Waals surface area contributed by atoms with E-state index in [4.69, 9.17) is 14.0 Å². The number of methoxy groups -OCH3 is 3. The van der Waals surface area contributed by atoms with Gasteiger partial charge in [-0.3, -0.25) is 14.2 Å². The van der Waals surface area contributed by atoms with Crippen LogP contribution in [0.2, 0.25) is 0 Å². The first-order valence-electron chi connectivity index (χ1n) is 11.7. The highest BCUT2D eigenvalue weighted by Gasteiger charge is 2.25. The van der Waals surface area contributed by atoms with Gasteiger partial charge in [0.2, 0.25) is 5.91 Å². The third-order valence-electron chi connectivity index (χ3n) is 5.77. The van der Waals surface area contributed by atoms with Crippen LogP contribution >= 0.6 is 0 Å². The molecule has 0 aliphatic carbocycles. The van der Waals surface area contributed by atoms with Crippen LogP contribution in [-0.2, 0) is 32.6 Å². The fourth-order valence-corrected chi connectivity index (χ4v) is 4.98. The highest BCUT2D eigenvalue weighted by atomic mass is 32.2. The van der Waals surface area contributed by atoms with Gasteiger partial charge in [0.25, 0.3) is 10.0 Å². The van der Waals surface area contributed by atoms with Gasteiger partial charge in [-0.2, -0.15) is 5.10 Å². The molecule has 2 heterocycles. The second-order valence-electron chi connectivity index (χ2n) is 8.34. The zero-order valence-electron chi connectivity index (χ0n) is 21.7. The van der Waals surface area contributed by atoms with Crippen LogP contribution in [0.3, 0.4) is 0 Å². The van der Waals surface area contributed by atoms with Crippen molar-refractivity contribution < 1.29 is 36.7 Å². The van der Waals surface area contributed by atoms with Crippen molar-refractivity contribution in [2.75, 3.05) is 26.1 Å². The number of nitrogens with zero attached hydrogens (tertiary/aromatic N) is 3. The lowest BCUT2D eigenvalue weighted by Gasteiger charge is -2.12. The number of anilines is 1. The van der Waals surface area contributed by atoms with E-state index in [1.54, 1.807) is 29.9 Å². The van der Waals surface area contributed by atoms with Gasteiger partial charge in [-0.1, -0.05) is 12.1 Å². The van der Waals surface area contributed by atoms with Crippen molar-refractivity contribution in [1.29, 1.82) is 0 Å². The number of aromatic nitrogens is 3. The van der Waals surface area contributed by atoms with Crippen molar-refractivity contribution in [2.45, 2.75) is 31.3 Å². The van der Waals surface area contributed by atoms with Gasteiger partial charge in [0.15, 0.2) is 11.4 Å². The van der Waals surface area contributed by atoms with Crippen LogP contribution in [0, 0.1) is 0 Å². The van der Waals surface area contributed by atoms with Crippen LogP contribution in [0.1, 0.15) is 34.8 Å². The lowest BCUT2D eigenvalue weighted by atomic mass is 10.1. The van der Waals surface area contributed by atoms with Crippen LogP contribution in [0.5, 0.6) is 11.5 Å². The zero-order chi connectivity index (χ0) is 28.2. The summed E-state index contributed by atoms with van der Waals surface area (Å²) < 4.78 is 51.4. The summed E-state index contributed by atoms with van der Waals surface area (Å²) in [6.45, 7) is 2.51. The highest BCUT2D eigenvalue weighted by Crippen LogP contribution is 2.36. The van der Waals surface area contributed by atoms with Gasteiger partial charge in [-0.15, -0.1) is 0 Å². The Balaban J connectivity index is 1.59. The fourth-order valence-electron chi connectivity index (χ4n) is 3.83. The van der Waals surface area contributed by atoms with Crippen molar-refractivity contribution in [3.8, 4) is 11.5 Å². The Hall–Kier alpha value is -4.59. The Kier molecular flexibility index (Phi) is 8.04. The predicted octanol–water partition coefficient (Wildman–Crippen LogP) is 2.70. The summed E-state index contributed by atoms with van der Waals surface area (Å²) in [5, 5.41) is 11.3. The van der Waals surface area contributed by atoms with Gasteiger partial charge in [0, 0.05) is 24.7 Å². The molecule has 4 aromatic rings. The molecule has 0 bridgehead atoms. The van der Waals surface area contributed by atoms with Crippen molar-refractivity contribution in [3.63, 3.8) is 0 Å². The Labute approximate surface area is 224 Å². The first kappa shape index (κ1) is 27.4. The largest absolute Gasteiger partial charge is 0.496 e. The Morgan fingerprint density at radius 1 is 1.05 bits per heavy atom. The molecule has 0 fully saturated rings. The molecular weight excluding hydrogens is 530 g/mol. The molecule has 4 rings (SSSR count). The predicted molar refractivity (Wildman–Crippen MR) is 139 cm³/mol. The van der Waals surface area contributed by atoms with Gasteiger partial charge in [-0.05, 0) is 35.9 Å². The molecular formula is C25H27N5O8S. The van der Waals surface area contributed by atoms with E-state index < -0.39 is 16.0 Å². The average molecular weight is 558 g/mol. The van der Waals surface area contributed by atoms with E-state index in [-0.39, 0.29) is 33.5 Å². The molecule has 0 spiro atoms. The van der Waals surface area contributed by atoms with Crippen LogP contribution in [0.4, 0.5) is 5.82 Å². The normalized spacial score (nSPS) is 11.3. The quantitative estimate of drug-likeness (QED) is 0.262. The number of carbonyl (C=O) groups excluding carboxylic acids is 2. The maximum Gasteiger partial charge on any atom is 0.337 e. The summed E-state index contributed by atoms with van der Waals surface area (Å²) in [5.41, 5.74) is 2.02. The lowest BCUT2D eigenvalue weighted by Crippen LogP contribution is -2.21. The molecule has 0 atom stereocenters. The highest BCUT2D eigenvalue weighted by molar-refractivity contribution is 7.92. The number of esters is 1. The molecule has 14 heteroatoms. The molecule has 2 N–H and O–H groups in total. The van der Waals surface area contributed by atoms with Gasteiger partial charge in [0.1, 0.15) is 21.8 Å². The van der Waals surface area contributed by atoms with E-state index in [2.05, 4.69) is 25.0 Å². The summed E-state index contributed by atoms with van der Waals surface area (Å²) in [6.07, 6.45) is 3.88. The monoisotopic (exact) mass is 557 g/mol. The van der Waals surface area contributed by atoms with E-state index in [0.29, 0.717) is 30.6 Å². The smallest absolute Gasteiger partial charge is 0.337 e. The maximum absolute atomic E-state index is 13.2. The minimum atomic E-state index is -4.21. The number of hydrogen-bond acceptors (Lipinski definition) is 10. The molecule has 206 valence electrons. The van der Waals surface area contributed by atoms with Crippen LogP contribution in [0.15, 0.2) is 52.1 Å². The maximum atomic E-state index is 13.2. The molecule has 0 aliphatic heterocycles. The number of benzene rings is 2. The third kappa shape index (κ3) is 5.95. The third-order valence-corrected chi connectivity index (χ3v) is 7.14. The minimum Gasteiger partial charge on any atom is -0.496 e. The fraction of sp³-hybridized carbons (Fsp3) is 0.280. The number of carbonyl (C=O) groups is 2. The number of amides is 1. The van der Waals surface area contributed by atoms with E-state index in [1.165, 1.54) is 39.5 Å². The number of rotatable bonds is 11. The molecule has 0 unspecified atom stereocenters. The van der Waals surface area contributed by atoms with Crippen LogP contribution in [0.25, 0.3) is 11.0 Å². The number of fused-ring (bicyclic) bond motifs is 1. The number of hydrogen-bond donors (Lipinski definition) is 2. The lowest BCUT2D eigenvalue weighted by molar-refractivity contribution is -0.120. The van der Waals surface area contributed by atoms with Gasteiger partial charge < -0.3 is 24.1 Å². The standard InChI is InChI=1S/C25H27N5O8S/c1-5-22(31)26-11-16-12-27-30(14-16)13-15-8-19(36-3)23-20(9-15)38-28-24(23)29-39(33,34)21-7-6-17(25(32)37-4)10-18(21)35-2/h6-10,12,14H,5,11,13H2,1-4H3,(H,26,31)(H,28,29). The molecule has 0 saturated heterocycles. The Bertz CT molecular complexity index is 1630. The van der Waals surface area contributed by atoms with Crippen molar-refractivity contribution in [3.05, 3.63) is 59.4 Å². The number of sulfonamides is 1.